The highest BCUT2D eigenvalue weighted by Gasteiger charge is 2.10. The van der Waals surface area contributed by atoms with Gasteiger partial charge in [0.05, 0.1) is 0 Å². The van der Waals surface area contributed by atoms with Crippen LogP contribution in [0.25, 0.3) is 0 Å². The maximum absolute atomic E-state index is 6.18. The SMILES string of the molecule is CC.CC.CCCCN(Cc1ccccc1Cl)C(C)C. The molecule has 0 bridgehead atoms. The third-order valence-corrected chi connectivity index (χ3v) is 3.23. The van der Waals surface area contributed by atoms with Gasteiger partial charge in [-0.3, -0.25) is 4.90 Å². The van der Waals surface area contributed by atoms with Crippen LogP contribution in [0, 0.1) is 0 Å². The Balaban J connectivity index is 0. The molecule has 0 aliphatic carbocycles. The number of unbranched alkanes of at least 4 members (excludes halogenated alkanes) is 1. The quantitative estimate of drug-likeness (QED) is 0.587. The molecule has 0 fully saturated rings. The van der Waals surface area contributed by atoms with Gasteiger partial charge in [0, 0.05) is 17.6 Å². The summed E-state index contributed by atoms with van der Waals surface area (Å²) in [4.78, 5) is 2.48. The molecule has 0 N–H and O–H groups in total. The van der Waals surface area contributed by atoms with Crippen molar-refractivity contribution in [3.8, 4) is 0 Å². The maximum atomic E-state index is 6.18. The summed E-state index contributed by atoms with van der Waals surface area (Å²) in [6.45, 7) is 16.8. The topological polar surface area (TPSA) is 3.24 Å². The van der Waals surface area contributed by atoms with Gasteiger partial charge in [-0.15, -0.1) is 0 Å². The lowest BCUT2D eigenvalue weighted by Gasteiger charge is -2.26. The summed E-state index contributed by atoms with van der Waals surface area (Å²) in [6, 6.07) is 8.69. The molecular formula is C18H34ClN. The van der Waals surface area contributed by atoms with Crippen molar-refractivity contribution in [1.82, 2.24) is 4.90 Å². The van der Waals surface area contributed by atoms with E-state index in [1.807, 2.05) is 39.8 Å². The van der Waals surface area contributed by atoms with E-state index in [0.717, 1.165) is 18.1 Å². The van der Waals surface area contributed by atoms with Gasteiger partial charge in [-0.2, -0.15) is 0 Å². The zero-order valence-electron chi connectivity index (χ0n) is 14.5. The number of rotatable bonds is 6. The summed E-state index contributed by atoms with van der Waals surface area (Å²) < 4.78 is 0. The van der Waals surface area contributed by atoms with Crippen LogP contribution in [0.15, 0.2) is 24.3 Å². The van der Waals surface area contributed by atoms with E-state index < -0.39 is 0 Å². The second-order valence-corrected chi connectivity index (χ2v) is 4.92. The molecule has 0 spiro atoms. The maximum Gasteiger partial charge on any atom is 0.0451 e. The van der Waals surface area contributed by atoms with Crippen LogP contribution in [0.5, 0.6) is 0 Å². The highest BCUT2D eigenvalue weighted by atomic mass is 35.5. The second kappa shape index (κ2) is 14.9. The Morgan fingerprint density at radius 2 is 1.60 bits per heavy atom. The molecule has 0 heterocycles. The second-order valence-electron chi connectivity index (χ2n) is 4.51. The van der Waals surface area contributed by atoms with E-state index in [0.29, 0.717) is 6.04 Å². The number of hydrogen-bond acceptors (Lipinski definition) is 1. The number of halogens is 1. The Morgan fingerprint density at radius 1 is 1.05 bits per heavy atom. The van der Waals surface area contributed by atoms with E-state index in [-0.39, 0.29) is 0 Å². The summed E-state index contributed by atoms with van der Waals surface area (Å²) >= 11 is 6.18. The largest absolute Gasteiger partial charge is 0.297 e. The minimum Gasteiger partial charge on any atom is -0.297 e. The third-order valence-electron chi connectivity index (χ3n) is 2.86. The predicted molar refractivity (Wildman–Crippen MR) is 94.6 cm³/mol. The minimum atomic E-state index is 0.572. The normalized spacial score (nSPS) is 9.70. The monoisotopic (exact) mass is 299 g/mol. The van der Waals surface area contributed by atoms with E-state index in [1.165, 1.54) is 18.4 Å². The number of benzene rings is 1. The van der Waals surface area contributed by atoms with Gasteiger partial charge in [0.15, 0.2) is 0 Å². The lowest BCUT2D eigenvalue weighted by atomic mass is 10.1. The van der Waals surface area contributed by atoms with Crippen LogP contribution >= 0.6 is 11.6 Å². The van der Waals surface area contributed by atoms with Gasteiger partial charge in [0.25, 0.3) is 0 Å². The molecule has 2 heteroatoms. The van der Waals surface area contributed by atoms with Crippen molar-refractivity contribution in [2.24, 2.45) is 0 Å². The van der Waals surface area contributed by atoms with Crippen LogP contribution < -0.4 is 0 Å². The van der Waals surface area contributed by atoms with Crippen LogP contribution in [0.1, 0.15) is 66.9 Å². The van der Waals surface area contributed by atoms with Crippen molar-refractivity contribution in [2.45, 2.75) is 73.9 Å². The molecule has 0 aliphatic rings. The Kier molecular flexibility index (Phi) is 16.2. The van der Waals surface area contributed by atoms with Crippen molar-refractivity contribution in [3.63, 3.8) is 0 Å². The Bertz CT molecular complexity index is 310. The van der Waals surface area contributed by atoms with E-state index in [1.54, 1.807) is 0 Å². The summed E-state index contributed by atoms with van der Waals surface area (Å²) in [6.07, 6.45) is 2.49. The van der Waals surface area contributed by atoms with Crippen LogP contribution in [0.3, 0.4) is 0 Å². The molecule has 0 unspecified atom stereocenters. The molecule has 0 aromatic heterocycles. The molecular weight excluding hydrogens is 266 g/mol. The molecule has 1 aromatic rings. The molecule has 0 radical (unpaired) electrons. The minimum absolute atomic E-state index is 0.572. The van der Waals surface area contributed by atoms with E-state index in [4.69, 9.17) is 11.6 Å². The first-order valence-corrected chi connectivity index (χ1v) is 8.50. The molecule has 20 heavy (non-hydrogen) atoms. The molecule has 118 valence electrons. The summed E-state index contributed by atoms with van der Waals surface area (Å²) in [5.74, 6) is 0. The number of nitrogens with zero attached hydrogens (tertiary/aromatic N) is 1. The van der Waals surface area contributed by atoms with Crippen molar-refractivity contribution in [1.29, 1.82) is 0 Å². The summed E-state index contributed by atoms with van der Waals surface area (Å²) in [5, 5.41) is 0.879. The lowest BCUT2D eigenvalue weighted by molar-refractivity contribution is 0.209. The molecule has 1 nitrogen and oxygen atoms in total. The van der Waals surface area contributed by atoms with Crippen LogP contribution in [0.4, 0.5) is 0 Å². The van der Waals surface area contributed by atoms with Gasteiger partial charge in [0.2, 0.25) is 0 Å². The zero-order chi connectivity index (χ0) is 16.0. The molecule has 0 amide bonds. The Labute approximate surface area is 132 Å². The summed E-state index contributed by atoms with van der Waals surface area (Å²) in [7, 11) is 0. The van der Waals surface area contributed by atoms with Crippen molar-refractivity contribution < 1.29 is 0 Å². The van der Waals surface area contributed by atoms with Gasteiger partial charge in [0.1, 0.15) is 0 Å². The fourth-order valence-electron chi connectivity index (χ4n) is 1.73. The predicted octanol–water partition coefficient (Wildman–Crippen LogP) is 6.40. The fourth-order valence-corrected chi connectivity index (χ4v) is 1.92. The zero-order valence-corrected chi connectivity index (χ0v) is 15.3. The molecule has 1 rings (SSSR count). The van der Waals surface area contributed by atoms with Crippen LogP contribution in [-0.4, -0.2) is 17.5 Å². The highest BCUT2D eigenvalue weighted by molar-refractivity contribution is 6.31. The molecule has 0 saturated heterocycles. The standard InChI is InChI=1S/C14H22ClN.2C2H6/c1-4-5-10-16(12(2)3)11-13-8-6-7-9-14(13)15;2*1-2/h6-9,12H,4-5,10-11H2,1-3H3;2*1-2H3. The molecule has 1 aromatic carbocycles. The average molecular weight is 300 g/mol. The van der Waals surface area contributed by atoms with Crippen molar-refractivity contribution >= 4 is 11.6 Å². The lowest BCUT2D eigenvalue weighted by Crippen LogP contribution is -2.31. The van der Waals surface area contributed by atoms with Crippen LogP contribution in [-0.2, 0) is 6.54 Å². The highest BCUT2D eigenvalue weighted by Crippen LogP contribution is 2.18. The van der Waals surface area contributed by atoms with Gasteiger partial charge in [-0.05, 0) is 38.4 Å². The van der Waals surface area contributed by atoms with E-state index >= 15 is 0 Å². The molecule has 0 aliphatic heterocycles. The van der Waals surface area contributed by atoms with Crippen molar-refractivity contribution in [3.05, 3.63) is 34.9 Å². The molecule has 0 saturated carbocycles. The first kappa shape index (κ1) is 21.8. The Morgan fingerprint density at radius 3 is 2.05 bits per heavy atom. The first-order valence-electron chi connectivity index (χ1n) is 8.12. The Hall–Kier alpha value is -0.530. The number of hydrogen-bond donors (Lipinski definition) is 0. The van der Waals surface area contributed by atoms with E-state index in [2.05, 4.69) is 37.8 Å². The van der Waals surface area contributed by atoms with Gasteiger partial charge in [-0.1, -0.05) is 70.8 Å². The smallest absolute Gasteiger partial charge is 0.0451 e. The molecule has 0 atom stereocenters. The van der Waals surface area contributed by atoms with Gasteiger partial charge < -0.3 is 0 Å². The van der Waals surface area contributed by atoms with E-state index in [9.17, 15) is 0 Å². The van der Waals surface area contributed by atoms with Crippen LogP contribution in [0.2, 0.25) is 5.02 Å². The fraction of sp³-hybridized carbons (Fsp3) is 0.667. The summed E-state index contributed by atoms with van der Waals surface area (Å²) in [5.41, 5.74) is 1.23. The van der Waals surface area contributed by atoms with Gasteiger partial charge in [-0.25, -0.2) is 0 Å². The average Bonchev–Trinajstić information content (AvgIpc) is 2.49. The van der Waals surface area contributed by atoms with Crippen molar-refractivity contribution in [2.75, 3.05) is 6.54 Å². The van der Waals surface area contributed by atoms with Gasteiger partial charge >= 0.3 is 0 Å². The third kappa shape index (κ3) is 9.39. The first-order chi connectivity index (χ1) is 9.65.